The van der Waals surface area contributed by atoms with Crippen LogP contribution < -0.4 is 5.32 Å². The summed E-state index contributed by atoms with van der Waals surface area (Å²) in [4.78, 5) is 4.45. The van der Waals surface area contributed by atoms with Crippen molar-refractivity contribution in [2.75, 3.05) is 0 Å². The van der Waals surface area contributed by atoms with Crippen LogP contribution in [0.1, 0.15) is 27.2 Å². The molecule has 0 fully saturated rings. The molecule has 0 aliphatic carbocycles. The minimum absolute atomic E-state index is 0.0500. The van der Waals surface area contributed by atoms with Crippen LogP contribution in [0.15, 0.2) is 17.3 Å². The van der Waals surface area contributed by atoms with E-state index in [1.807, 2.05) is 6.20 Å². The molecule has 1 heterocycles. The highest BCUT2D eigenvalue weighted by Gasteiger charge is 2.09. The van der Waals surface area contributed by atoms with Gasteiger partial charge in [0.1, 0.15) is 5.84 Å². The number of hydrogen-bond acceptors (Lipinski definition) is 1. The summed E-state index contributed by atoms with van der Waals surface area (Å²) >= 11 is 0. The lowest BCUT2D eigenvalue weighted by atomic mass is 10.1. The molecule has 1 rings (SSSR count). The Morgan fingerprint density at radius 1 is 1.50 bits per heavy atom. The summed E-state index contributed by atoms with van der Waals surface area (Å²) in [6, 6.07) is 0. The summed E-state index contributed by atoms with van der Waals surface area (Å²) in [7, 11) is 0. The van der Waals surface area contributed by atoms with Crippen LogP contribution in [0.3, 0.4) is 0 Å². The van der Waals surface area contributed by atoms with Crippen LogP contribution >= 0.6 is 0 Å². The quantitative estimate of drug-likeness (QED) is 0.541. The molecular formula is C8H14N2. The lowest BCUT2D eigenvalue weighted by Gasteiger charge is -2.13. The van der Waals surface area contributed by atoms with Gasteiger partial charge in [0.25, 0.3) is 0 Å². The second-order valence-corrected chi connectivity index (χ2v) is 3.48. The van der Waals surface area contributed by atoms with Gasteiger partial charge in [0.15, 0.2) is 0 Å². The number of hydrogen-bond donors (Lipinski definition) is 1. The van der Waals surface area contributed by atoms with Crippen LogP contribution in [0.25, 0.3) is 0 Å². The summed E-state index contributed by atoms with van der Waals surface area (Å²) < 4.78 is 0. The maximum atomic E-state index is 4.45. The predicted molar refractivity (Wildman–Crippen MR) is 44.1 cm³/mol. The Hall–Kier alpha value is -0.790. The van der Waals surface area contributed by atoms with Crippen molar-refractivity contribution in [2.24, 2.45) is 4.99 Å². The van der Waals surface area contributed by atoms with Gasteiger partial charge >= 0.3 is 0 Å². The van der Waals surface area contributed by atoms with Gasteiger partial charge in [-0.1, -0.05) is 6.08 Å². The summed E-state index contributed by atoms with van der Waals surface area (Å²) in [5.41, 5.74) is 0.0500. The van der Waals surface area contributed by atoms with E-state index >= 15 is 0 Å². The summed E-state index contributed by atoms with van der Waals surface area (Å²) in [6.45, 7) is 6.29. The Morgan fingerprint density at radius 3 is 2.60 bits per heavy atom. The molecule has 0 saturated heterocycles. The zero-order valence-corrected chi connectivity index (χ0v) is 6.81. The third-order valence-corrected chi connectivity index (χ3v) is 1.15. The second kappa shape index (κ2) is 2.45. The molecule has 0 spiro atoms. The molecule has 0 unspecified atom stereocenters. The highest BCUT2D eigenvalue weighted by atomic mass is 15.0. The van der Waals surface area contributed by atoms with Crippen LogP contribution in [0.2, 0.25) is 0 Å². The highest BCUT2D eigenvalue weighted by molar-refractivity contribution is 5.86. The average molecular weight is 138 g/mol. The fraction of sp³-hybridized carbons (Fsp3) is 0.625. The molecule has 0 saturated carbocycles. The van der Waals surface area contributed by atoms with Crippen molar-refractivity contribution in [3.8, 4) is 0 Å². The van der Waals surface area contributed by atoms with Crippen LogP contribution in [-0.2, 0) is 0 Å². The summed E-state index contributed by atoms with van der Waals surface area (Å²) in [5, 5.41) is 3.08. The molecule has 0 amide bonds. The third-order valence-electron chi connectivity index (χ3n) is 1.15. The van der Waals surface area contributed by atoms with E-state index in [9.17, 15) is 0 Å². The topological polar surface area (TPSA) is 24.4 Å². The lowest BCUT2D eigenvalue weighted by Crippen LogP contribution is -2.19. The van der Waals surface area contributed by atoms with Gasteiger partial charge in [-0.2, -0.15) is 0 Å². The van der Waals surface area contributed by atoms with E-state index in [2.05, 4.69) is 37.2 Å². The molecular weight excluding hydrogens is 124 g/mol. The van der Waals surface area contributed by atoms with E-state index in [0.717, 1.165) is 12.3 Å². The van der Waals surface area contributed by atoms with Gasteiger partial charge in [0, 0.05) is 6.42 Å². The Morgan fingerprint density at radius 2 is 2.20 bits per heavy atom. The molecule has 0 aromatic heterocycles. The molecule has 56 valence electrons. The molecule has 0 bridgehead atoms. The first-order valence-electron chi connectivity index (χ1n) is 3.58. The van der Waals surface area contributed by atoms with Crippen LogP contribution in [0.4, 0.5) is 0 Å². The zero-order chi connectivity index (χ0) is 7.61. The van der Waals surface area contributed by atoms with Gasteiger partial charge in [0.05, 0.1) is 5.54 Å². The van der Waals surface area contributed by atoms with Crippen LogP contribution in [-0.4, -0.2) is 11.4 Å². The Kier molecular flexibility index (Phi) is 1.79. The summed E-state index contributed by atoms with van der Waals surface area (Å²) in [5.74, 6) is 1.08. The molecule has 10 heavy (non-hydrogen) atoms. The van der Waals surface area contributed by atoms with Crippen molar-refractivity contribution in [1.29, 1.82) is 0 Å². The highest BCUT2D eigenvalue weighted by Crippen LogP contribution is 2.08. The number of aliphatic imine (C=N–C) groups is 1. The standard InChI is InChI=1S/C8H14N2/c1-8(2,3)10-7-5-4-6-9-7/h4,6H,5H2,1-3H3,(H,9,10). The lowest BCUT2D eigenvalue weighted by molar-refractivity contribution is 0.580. The fourth-order valence-electron chi connectivity index (χ4n) is 0.867. The number of nitrogens with one attached hydrogen (secondary N) is 1. The van der Waals surface area contributed by atoms with Gasteiger partial charge in [-0.3, -0.25) is 4.99 Å². The normalized spacial score (nSPS) is 21.7. The van der Waals surface area contributed by atoms with E-state index < -0.39 is 0 Å². The van der Waals surface area contributed by atoms with E-state index in [4.69, 9.17) is 0 Å². The molecule has 0 aromatic carbocycles. The minimum atomic E-state index is 0.0500. The molecule has 2 heteroatoms. The first kappa shape index (κ1) is 7.32. The number of nitrogens with zero attached hydrogens (tertiary/aromatic N) is 1. The smallest absolute Gasteiger partial charge is 0.105 e. The maximum absolute atomic E-state index is 4.45. The predicted octanol–water partition coefficient (Wildman–Crippen LogP) is 1.69. The Labute approximate surface area is 62.0 Å². The SMILES string of the molecule is CC(C)(C)N=C1CC=CN1. The average Bonchev–Trinajstić information content (AvgIpc) is 2.12. The Balaban J connectivity index is 2.56. The molecule has 0 atom stereocenters. The fourth-order valence-corrected chi connectivity index (χ4v) is 0.867. The maximum Gasteiger partial charge on any atom is 0.105 e. The molecule has 2 nitrogen and oxygen atoms in total. The molecule has 1 N–H and O–H groups in total. The van der Waals surface area contributed by atoms with Gasteiger partial charge < -0.3 is 5.32 Å². The van der Waals surface area contributed by atoms with Crippen molar-refractivity contribution in [1.82, 2.24) is 5.32 Å². The van der Waals surface area contributed by atoms with Crippen molar-refractivity contribution in [3.63, 3.8) is 0 Å². The van der Waals surface area contributed by atoms with E-state index in [0.29, 0.717) is 0 Å². The third kappa shape index (κ3) is 2.21. The largest absolute Gasteiger partial charge is 0.350 e. The van der Waals surface area contributed by atoms with Gasteiger partial charge in [-0.15, -0.1) is 0 Å². The first-order chi connectivity index (χ1) is 4.58. The first-order valence-corrected chi connectivity index (χ1v) is 3.58. The monoisotopic (exact) mass is 138 g/mol. The molecule has 0 aromatic rings. The second-order valence-electron chi connectivity index (χ2n) is 3.48. The number of amidine groups is 1. The van der Waals surface area contributed by atoms with E-state index in [1.165, 1.54) is 0 Å². The molecule has 0 radical (unpaired) electrons. The number of rotatable bonds is 0. The van der Waals surface area contributed by atoms with Crippen LogP contribution in [0, 0.1) is 0 Å². The minimum Gasteiger partial charge on any atom is -0.350 e. The van der Waals surface area contributed by atoms with Gasteiger partial charge in [0.2, 0.25) is 0 Å². The molecule has 1 aliphatic rings. The zero-order valence-electron chi connectivity index (χ0n) is 6.81. The van der Waals surface area contributed by atoms with Gasteiger partial charge in [-0.25, -0.2) is 0 Å². The van der Waals surface area contributed by atoms with Gasteiger partial charge in [-0.05, 0) is 27.0 Å². The van der Waals surface area contributed by atoms with Crippen LogP contribution in [0.5, 0.6) is 0 Å². The van der Waals surface area contributed by atoms with Crippen molar-refractivity contribution >= 4 is 5.84 Å². The van der Waals surface area contributed by atoms with Crippen molar-refractivity contribution < 1.29 is 0 Å². The summed E-state index contributed by atoms with van der Waals surface area (Å²) in [6.07, 6.45) is 4.96. The van der Waals surface area contributed by atoms with Crippen molar-refractivity contribution in [3.05, 3.63) is 12.3 Å². The van der Waals surface area contributed by atoms with E-state index in [1.54, 1.807) is 0 Å². The molecule has 1 aliphatic heterocycles. The Bertz CT molecular complexity index is 162. The van der Waals surface area contributed by atoms with Crippen molar-refractivity contribution in [2.45, 2.75) is 32.7 Å². The van der Waals surface area contributed by atoms with E-state index in [-0.39, 0.29) is 5.54 Å².